The molecule has 0 saturated carbocycles. The Labute approximate surface area is 102 Å². The van der Waals surface area contributed by atoms with Crippen molar-refractivity contribution in [3.8, 4) is 0 Å². The van der Waals surface area contributed by atoms with Crippen LogP contribution in [0.25, 0.3) is 0 Å². The standard InChI is InChI=1S/C10H18N2OS.ClH/c11-8-3-5-12(6-4-8)10(13)9-2-1-7-14-9;/h8-9H,1-7,11H2;1H. The molecule has 0 aromatic heterocycles. The molecule has 0 aromatic carbocycles. The van der Waals surface area contributed by atoms with Crippen LogP contribution in [0.4, 0.5) is 0 Å². The molecule has 2 heterocycles. The van der Waals surface area contributed by atoms with Gasteiger partial charge in [0, 0.05) is 19.1 Å². The van der Waals surface area contributed by atoms with E-state index in [1.54, 1.807) is 0 Å². The number of likely N-dealkylation sites (tertiary alicyclic amines) is 1. The molecular formula is C10H19ClN2OS. The highest BCUT2D eigenvalue weighted by atomic mass is 35.5. The Balaban J connectivity index is 0.00000112. The van der Waals surface area contributed by atoms with Gasteiger partial charge < -0.3 is 10.6 Å². The number of amides is 1. The second kappa shape index (κ2) is 5.97. The second-order valence-corrected chi connectivity index (χ2v) is 5.47. The fraction of sp³-hybridized carbons (Fsp3) is 0.900. The number of rotatable bonds is 1. The SMILES string of the molecule is Cl.NC1CCN(C(=O)C2CCCS2)CC1. The van der Waals surface area contributed by atoms with Crippen LogP contribution in [0.1, 0.15) is 25.7 Å². The van der Waals surface area contributed by atoms with E-state index in [0.29, 0.717) is 11.9 Å². The molecule has 2 rings (SSSR count). The van der Waals surface area contributed by atoms with Gasteiger partial charge in [-0.3, -0.25) is 4.79 Å². The van der Waals surface area contributed by atoms with E-state index in [4.69, 9.17) is 5.73 Å². The minimum atomic E-state index is 0. The summed E-state index contributed by atoms with van der Waals surface area (Å²) in [6, 6.07) is 0.315. The van der Waals surface area contributed by atoms with E-state index in [1.165, 1.54) is 6.42 Å². The lowest BCUT2D eigenvalue weighted by Gasteiger charge is -2.31. The fourth-order valence-corrected chi connectivity index (χ4v) is 3.34. The lowest BCUT2D eigenvalue weighted by molar-refractivity contribution is -0.131. The predicted octanol–water partition coefficient (Wildman–Crippen LogP) is 1.25. The van der Waals surface area contributed by atoms with E-state index in [0.717, 1.165) is 38.1 Å². The van der Waals surface area contributed by atoms with Crippen molar-refractivity contribution in [2.24, 2.45) is 5.73 Å². The van der Waals surface area contributed by atoms with Crippen LogP contribution in [0.5, 0.6) is 0 Å². The van der Waals surface area contributed by atoms with E-state index < -0.39 is 0 Å². The molecule has 3 nitrogen and oxygen atoms in total. The molecular weight excluding hydrogens is 232 g/mol. The summed E-state index contributed by atoms with van der Waals surface area (Å²) in [5.41, 5.74) is 5.81. The van der Waals surface area contributed by atoms with Gasteiger partial charge in [0.2, 0.25) is 5.91 Å². The third-order valence-corrected chi connectivity index (χ3v) is 4.42. The van der Waals surface area contributed by atoms with Crippen LogP contribution >= 0.6 is 24.2 Å². The van der Waals surface area contributed by atoms with Crippen molar-refractivity contribution < 1.29 is 4.79 Å². The fourth-order valence-electron chi connectivity index (χ4n) is 2.10. The normalized spacial score (nSPS) is 27.5. The molecule has 15 heavy (non-hydrogen) atoms. The van der Waals surface area contributed by atoms with Gasteiger partial charge in [0.1, 0.15) is 0 Å². The van der Waals surface area contributed by atoms with Gasteiger partial charge in [-0.05, 0) is 31.4 Å². The Morgan fingerprint density at radius 1 is 1.27 bits per heavy atom. The molecule has 0 aromatic rings. The highest BCUT2D eigenvalue weighted by molar-refractivity contribution is 8.00. The van der Waals surface area contributed by atoms with Gasteiger partial charge in [0.15, 0.2) is 0 Å². The number of nitrogens with two attached hydrogens (primary N) is 1. The summed E-state index contributed by atoms with van der Waals surface area (Å²) >= 11 is 1.82. The van der Waals surface area contributed by atoms with E-state index in [9.17, 15) is 4.79 Å². The molecule has 2 aliphatic rings. The van der Waals surface area contributed by atoms with E-state index in [1.807, 2.05) is 16.7 Å². The molecule has 2 aliphatic heterocycles. The maximum absolute atomic E-state index is 12.0. The molecule has 0 radical (unpaired) electrons. The predicted molar refractivity (Wildman–Crippen MR) is 66.5 cm³/mol. The number of hydrogen-bond acceptors (Lipinski definition) is 3. The van der Waals surface area contributed by atoms with Crippen molar-refractivity contribution in [3.63, 3.8) is 0 Å². The van der Waals surface area contributed by atoms with Crippen molar-refractivity contribution in [2.45, 2.75) is 37.0 Å². The molecule has 2 fully saturated rings. The Morgan fingerprint density at radius 3 is 2.47 bits per heavy atom. The van der Waals surface area contributed by atoms with Crippen molar-refractivity contribution in [1.82, 2.24) is 4.90 Å². The summed E-state index contributed by atoms with van der Waals surface area (Å²) in [4.78, 5) is 14.0. The monoisotopic (exact) mass is 250 g/mol. The number of piperidine rings is 1. The van der Waals surface area contributed by atoms with Crippen LogP contribution in [-0.4, -0.2) is 40.9 Å². The number of hydrogen-bond donors (Lipinski definition) is 1. The maximum atomic E-state index is 12.0. The third-order valence-electron chi connectivity index (χ3n) is 3.06. The number of thioether (sulfide) groups is 1. The summed E-state index contributed by atoms with van der Waals surface area (Å²) in [6.07, 6.45) is 4.23. The Kier molecular flexibility index (Phi) is 5.23. The van der Waals surface area contributed by atoms with Gasteiger partial charge in [-0.15, -0.1) is 24.2 Å². The van der Waals surface area contributed by atoms with Crippen molar-refractivity contribution in [3.05, 3.63) is 0 Å². The average Bonchev–Trinajstić information content (AvgIpc) is 2.71. The lowest BCUT2D eigenvalue weighted by Crippen LogP contribution is -2.45. The van der Waals surface area contributed by atoms with Crippen LogP contribution in [0.3, 0.4) is 0 Å². The minimum absolute atomic E-state index is 0. The van der Waals surface area contributed by atoms with Gasteiger partial charge in [0.05, 0.1) is 5.25 Å². The van der Waals surface area contributed by atoms with Crippen LogP contribution < -0.4 is 5.73 Å². The summed E-state index contributed by atoms with van der Waals surface area (Å²) in [5, 5.41) is 0.254. The summed E-state index contributed by atoms with van der Waals surface area (Å²) in [6.45, 7) is 1.74. The topological polar surface area (TPSA) is 46.3 Å². The minimum Gasteiger partial charge on any atom is -0.342 e. The van der Waals surface area contributed by atoms with Gasteiger partial charge in [-0.2, -0.15) is 0 Å². The lowest BCUT2D eigenvalue weighted by atomic mass is 10.1. The van der Waals surface area contributed by atoms with Gasteiger partial charge in [0.25, 0.3) is 0 Å². The van der Waals surface area contributed by atoms with E-state index in [-0.39, 0.29) is 17.7 Å². The second-order valence-electron chi connectivity index (χ2n) is 4.16. The number of carbonyl (C=O) groups excluding carboxylic acids is 1. The smallest absolute Gasteiger partial charge is 0.235 e. The summed E-state index contributed by atoms with van der Waals surface area (Å²) < 4.78 is 0. The van der Waals surface area contributed by atoms with Gasteiger partial charge >= 0.3 is 0 Å². The van der Waals surface area contributed by atoms with Crippen LogP contribution in [0.15, 0.2) is 0 Å². The molecule has 1 amide bonds. The first-order valence-electron chi connectivity index (χ1n) is 5.43. The average molecular weight is 251 g/mol. The first-order chi connectivity index (χ1) is 6.77. The number of nitrogens with zero attached hydrogens (tertiary/aromatic N) is 1. The number of carbonyl (C=O) groups is 1. The molecule has 0 bridgehead atoms. The van der Waals surface area contributed by atoms with Crippen molar-refractivity contribution >= 4 is 30.1 Å². The number of halogens is 1. The summed E-state index contributed by atoms with van der Waals surface area (Å²) in [5.74, 6) is 1.52. The van der Waals surface area contributed by atoms with Crippen molar-refractivity contribution in [2.75, 3.05) is 18.8 Å². The van der Waals surface area contributed by atoms with Crippen LogP contribution in [-0.2, 0) is 4.79 Å². The Hall–Kier alpha value is 0.0700. The quantitative estimate of drug-likeness (QED) is 0.762. The van der Waals surface area contributed by atoms with E-state index in [2.05, 4.69) is 0 Å². The Morgan fingerprint density at radius 2 is 1.93 bits per heavy atom. The van der Waals surface area contributed by atoms with E-state index >= 15 is 0 Å². The maximum Gasteiger partial charge on any atom is 0.235 e. The molecule has 1 atom stereocenters. The molecule has 5 heteroatoms. The molecule has 0 spiro atoms. The molecule has 0 aliphatic carbocycles. The third kappa shape index (κ3) is 3.26. The molecule has 1 unspecified atom stereocenters. The molecule has 2 N–H and O–H groups in total. The van der Waals surface area contributed by atoms with Gasteiger partial charge in [-0.25, -0.2) is 0 Å². The zero-order chi connectivity index (χ0) is 9.97. The first-order valence-corrected chi connectivity index (χ1v) is 6.48. The highest BCUT2D eigenvalue weighted by Crippen LogP contribution is 2.28. The molecule has 88 valence electrons. The van der Waals surface area contributed by atoms with Crippen LogP contribution in [0, 0.1) is 0 Å². The molecule has 2 saturated heterocycles. The Bertz CT molecular complexity index is 213. The van der Waals surface area contributed by atoms with Gasteiger partial charge in [-0.1, -0.05) is 0 Å². The zero-order valence-electron chi connectivity index (χ0n) is 8.85. The highest BCUT2D eigenvalue weighted by Gasteiger charge is 2.29. The first kappa shape index (κ1) is 13.1. The van der Waals surface area contributed by atoms with Crippen LogP contribution in [0.2, 0.25) is 0 Å². The zero-order valence-corrected chi connectivity index (χ0v) is 10.5. The summed E-state index contributed by atoms with van der Waals surface area (Å²) in [7, 11) is 0. The van der Waals surface area contributed by atoms with Crippen molar-refractivity contribution in [1.29, 1.82) is 0 Å². The largest absolute Gasteiger partial charge is 0.342 e.